The van der Waals surface area contributed by atoms with Crippen molar-refractivity contribution in [3.05, 3.63) is 208 Å². The second-order valence-electron chi connectivity index (χ2n) is 27.5. The van der Waals surface area contributed by atoms with Gasteiger partial charge in [0.25, 0.3) is 6.71 Å². The van der Waals surface area contributed by atoms with Crippen LogP contribution in [0.1, 0.15) is 161 Å². The lowest BCUT2D eigenvalue weighted by Gasteiger charge is -2.48. The summed E-state index contributed by atoms with van der Waals surface area (Å²) in [5, 5.41) is 0. The monoisotopic (exact) mass is 983 g/mol. The van der Waals surface area contributed by atoms with Crippen molar-refractivity contribution in [2.24, 2.45) is 0 Å². The Morgan fingerprint density at radius 3 is 1.59 bits per heavy atom. The zero-order valence-corrected chi connectivity index (χ0v) is 48.0. The van der Waals surface area contributed by atoms with E-state index in [1.165, 1.54) is 117 Å². The van der Waals surface area contributed by atoms with Crippen LogP contribution < -0.4 is 26.2 Å². The molecule has 0 spiro atoms. The fourth-order valence-corrected chi connectivity index (χ4v) is 12.7. The molecule has 75 heavy (non-hydrogen) atoms. The van der Waals surface area contributed by atoms with Crippen molar-refractivity contribution in [2.75, 3.05) is 9.80 Å². The first-order valence-corrected chi connectivity index (χ1v) is 27.8. The van der Waals surface area contributed by atoms with E-state index in [-0.39, 0.29) is 39.2 Å². The van der Waals surface area contributed by atoms with Crippen molar-refractivity contribution in [3.63, 3.8) is 0 Å². The number of nitrogens with zero attached hydrogens (tertiary/aromatic N) is 2. The molecule has 2 aliphatic heterocycles. The van der Waals surface area contributed by atoms with E-state index in [2.05, 4.69) is 284 Å². The van der Waals surface area contributed by atoms with Crippen LogP contribution in [0.15, 0.2) is 164 Å². The van der Waals surface area contributed by atoms with Gasteiger partial charge in [0.15, 0.2) is 0 Å². The van der Waals surface area contributed by atoms with Gasteiger partial charge in [0.05, 0.1) is 5.69 Å². The summed E-state index contributed by atoms with van der Waals surface area (Å²) in [5.74, 6) is 0. The van der Waals surface area contributed by atoms with E-state index in [0.717, 1.165) is 12.8 Å². The molecule has 11 rings (SSSR count). The lowest BCUT2D eigenvalue weighted by atomic mass is 9.33. The highest BCUT2D eigenvalue weighted by molar-refractivity contribution is 7.00. The van der Waals surface area contributed by atoms with Gasteiger partial charge in [-0.3, -0.25) is 0 Å². The third-order valence-electron chi connectivity index (χ3n) is 17.7. The summed E-state index contributed by atoms with van der Waals surface area (Å²) in [4.78, 5) is 5.33. The minimum atomic E-state index is -0.230. The van der Waals surface area contributed by atoms with Gasteiger partial charge in [-0.25, -0.2) is 0 Å². The van der Waals surface area contributed by atoms with Gasteiger partial charge < -0.3 is 9.80 Å². The average molecular weight is 983 g/mol. The van der Waals surface area contributed by atoms with Crippen LogP contribution in [0.5, 0.6) is 0 Å². The number of rotatable bonds is 6. The zero-order chi connectivity index (χ0) is 53.4. The predicted octanol–water partition coefficient (Wildman–Crippen LogP) is 18.0. The van der Waals surface area contributed by atoms with Gasteiger partial charge in [0.1, 0.15) is 0 Å². The topological polar surface area (TPSA) is 6.48 Å². The molecule has 380 valence electrons. The Hall–Kier alpha value is -6.58. The van der Waals surface area contributed by atoms with Gasteiger partial charge in [-0.1, -0.05) is 213 Å². The molecule has 2 heterocycles. The molecule has 0 amide bonds. The number of hydrogen-bond acceptors (Lipinski definition) is 2. The quantitative estimate of drug-likeness (QED) is 0.153. The van der Waals surface area contributed by atoms with Crippen molar-refractivity contribution in [1.82, 2.24) is 0 Å². The summed E-state index contributed by atoms with van der Waals surface area (Å²) >= 11 is 0. The number of fused-ring (bicyclic) bond motifs is 5. The van der Waals surface area contributed by atoms with Crippen molar-refractivity contribution in [2.45, 2.75) is 156 Å². The second kappa shape index (κ2) is 17.5. The van der Waals surface area contributed by atoms with E-state index in [9.17, 15) is 0 Å². The van der Waals surface area contributed by atoms with Gasteiger partial charge in [-0.2, -0.15) is 0 Å². The van der Waals surface area contributed by atoms with Crippen molar-refractivity contribution in [3.8, 4) is 22.3 Å². The van der Waals surface area contributed by atoms with Crippen LogP contribution in [-0.4, -0.2) is 6.71 Å². The Bertz CT molecular complexity index is 3530. The number of anilines is 6. The highest BCUT2D eigenvalue weighted by atomic mass is 15.2. The van der Waals surface area contributed by atoms with Crippen LogP contribution >= 0.6 is 0 Å². The molecule has 0 saturated carbocycles. The third-order valence-corrected chi connectivity index (χ3v) is 17.7. The summed E-state index contributed by atoms with van der Waals surface area (Å²) < 4.78 is 0. The van der Waals surface area contributed by atoms with Crippen LogP contribution in [0.25, 0.3) is 22.3 Å². The van der Waals surface area contributed by atoms with Crippen LogP contribution in [0.2, 0.25) is 0 Å². The predicted molar refractivity (Wildman–Crippen MR) is 326 cm³/mol. The van der Waals surface area contributed by atoms with Gasteiger partial charge in [0.2, 0.25) is 0 Å². The molecule has 0 radical (unpaired) electrons. The molecule has 8 aromatic rings. The molecule has 0 aromatic heterocycles. The Labute approximate surface area is 451 Å². The summed E-state index contributed by atoms with van der Waals surface area (Å²) in [6, 6.07) is 64.2. The molecule has 8 aromatic carbocycles. The maximum absolute atomic E-state index is 2.70. The molecule has 0 bridgehead atoms. The Kier molecular flexibility index (Phi) is 11.8. The standard InChI is InChI=1S/C72H79BN2/c1-46-38-64-66-65(39-46)75(61-35-33-53(69(8,9)10)42-56(61)49-23-20-22-48(40-49)47-28-30-50(31-29-47)67(2,3)4)63-45-58-57(70(11,12)36-37-71(58,13)14)44-60(63)73(66)59-34-32-54(72(15,16)51-24-18-17-19-25-51)43-62(59)74(64)55-27-21-26-52(41-55)68(5,6)7/h17-35,38-45H,36-37H2,1-16H3. The number of benzene rings is 8. The zero-order valence-electron chi connectivity index (χ0n) is 48.0. The van der Waals surface area contributed by atoms with Crippen LogP contribution in [-0.2, 0) is 32.5 Å². The van der Waals surface area contributed by atoms with Crippen LogP contribution in [0.3, 0.4) is 0 Å². The minimum Gasteiger partial charge on any atom is -0.311 e. The summed E-state index contributed by atoms with van der Waals surface area (Å²) in [5.41, 5.74) is 27.1. The largest absolute Gasteiger partial charge is 0.311 e. The third kappa shape index (κ3) is 8.67. The summed E-state index contributed by atoms with van der Waals surface area (Å²) in [6.45, 7) is 37.9. The summed E-state index contributed by atoms with van der Waals surface area (Å²) in [6.07, 6.45) is 2.30. The SMILES string of the molecule is Cc1cc2c3c(c1)N(c1ccc(C(C)(C)C)cc1-c1cccc(-c4ccc(C(C)(C)C)cc4)c1)c1cc4c(cc1B3c1ccc(C(C)(C)c3ccccc3)cc1N2c1cccc(C(C)(C)C)c1)C(C)(C)CCC4(C)C. The molecule has 0 unspecified atom stereocenters. The highest BCUT2D eigenvalue weighted by Crippen LogP contribution is 2.53. The Balaban J connectivity index is 1.23. The first-order chi connectivity index (χ1) is 35.2. The molecule has 2 nitrogen and oxygen atoms in total. The molecule has 0 atom stereocenters. The van der Waals surface area contributed by atoms with Crippen molar-refractivity contribution in [1.29, 1.82) is 0 Å². The van der Waals surface area contributed by atoms with Gasteiger partial charge in [-0.05, 0) is 179 Å². The summed E-state index contributed by atoms with van der Waals surface area (Å²) in [7, 11) is 0. The maximum atomic E-state index is 2.70. The molecule has 3 heteroatoms. The lowest BCUT2D eigenvalue weighted by molar-refractivity contribution is 0.332. The van der Waals surface area contributed by atoms with Crippen LogP contribution in [0.4, 0.5) is 34.1 Å². The van der Waals surface area contributed by atoms with Crippen molar-refractivity contribution >= 4 is 57.2 Å². The minimum absolute atomic E-state index is 0.00405. The second-order valence-corrected chi connectivity index (χ2v) is 27.5. The van der Waals surface area contributed by atoms with Crippen molar-refractivity contribution < 1.29 is 0 Å². The molecular weight excluding hydrogens is 904 g/mol. The Morgan fingerprint density at radius 1 is 0.387 bits per heavy atom. The maximum Gasteiger partial charge on any atom is 0.252 e. The molecule has 0 saturated heterocycles. The van der Waals surface area contributed by atoms with E-state index in [4.69, 9.17) is 0 Å². The smallest absolute Gasteiger partial charge is 0.252 e. The van der Waals surface area contributed by atoms with Gasteiger partial charge in [0, 0.05) is 39.4 Å². The highest BCUT2D eigenvalue weighted by Gasteiger charge is 2.47. The number of hydrogen-bond donors (Lipinski definition) is 0. The van der Waals surface area contributed by atoms with Gasteiger partial charge in [-0.15, -0.1) is 0 Å². The number of aryl methyl sites for hydroxylation is 1. The van der Waals surface area contributed by atoms with Gasteiger partial charge >= 0.3 is 0 Å². The lowest BCUT2D eigenvalue weighted by Crippen LogP contribution is -2.62. The van der Waals surface area contributed by atoms with E-state index in [1.807, 2.05) is 0 Å². The average Bonchev–Trinajstić information content (AvgIpc) is 3.40. The van der Waals surface area contributed by atoms with E-state index in [0.29, 0.717) is 0 Å². The fraction of sp³-hybridized carbons (Fsp3) is 0.333. The normalized spacial score (nSPS) is 15.8. The van der Waals surface area contributed by atoms with E-state index in [1.54, 1.807) is 0 Å². The van der Waals surface area contributed by atoms with E-state index < -0.39 is 0 Å². The van der Waals surface area contributed by atoms with E-state index >= 15 is 0 Å². The Morgan fingerprint density at radius 2 is 0.933 bits per heavy atom. The fourth-order valence-electron chi connectivity index (χ4n) is 12.7. The first-order valence-electron chi connectivity index (χ1n) is 27.8. The molecule has 0 fully saturated rings. The molecule has 1 aliphatic carbocycles. The van der Waals surface area contributed by atoms with Crippen LogP contribution in [0, 0.1) is 6.92 Å². The molecule has 3 aliphatic rings. The molecule has 0 N–H and O–H groups in total. The molecular formula is C72H79BN2. The first kappa shape index (κ1) is 50.6.